The smallest absolute Gasteiger partial charge is 0.249 e. The van der Waals surface area contributed by atoms with E-state index in [0.29, 0.717) is 29.6 Å². The van der Waals surface area contributed by atoms with Gasteiger partial charge in [-0.3, -0.25) is 4.98 Å². The summed E-state index contributed by atoms with van der Waals surface area (Å²) in [6.45, 7) is 2.55. The summed E-state index contributed by atoms with van der Waals surface area (Å²) < 4.78 is 8.83. The molecule has 8 heteroatoms. The number of aryl methyl sites for hydroxylation is 1. The fraction of sp³-hybridized carbons (Fsp3) is 0.200. The molecule has 0 saturated heterocycles. The van der Waals surface area contributed by atoms with Crippen LogP contribution in [-0.2, 0) is 13.0 Å². The second-order valence-electron chi connectivity index (χ2n) is 6.44. The molecule has 140 valence electrons. The third-order valence-corrected chi connectivity index (χ3v) is 4.98. The maximum atomic E-state index is 9.24. The first kappa shape index (κ1) is 18.2. The first-order chi connectivity index (χ1) is 13.6. The van der Waals surface area contributed by atoms with Gasteiger partial charge in [0, 0.05) is 27.9 Å². The first-order valence-electron chi connectivity index (χ1n) is 8.84. The molecule has 0 aliphatic rings. The highest BCUT2D eigenvalue weighted by Gasteiger charge is 2.16. The van der Waals surface area contributed by atoms with E-state index in [1.807, 2.05) is 18.2 Å². The summed E-state index contributed by atoms with van der Waals surface area (Å²) >= 11 is 3.40. The number of hydrogen-bond acceptors (Lipinski definition) is 6. The van der Waals surface area contributed by atoms with Gasteiger partial charge in [-0.05, 0) is 46.6 Å². The number of nitrogen functional groups attached to an aromatic ring is 1. The molecule has 0 fully saturated rings. The van der Waals surface area contributed by atoms with Crippen molar-refractivity contribution in [3.05, 3.63) is 58.3 Å². The van der Waals surface area contributed by atoms with Crippen LogP contribution in [0.1, 0.15) is 30.5 Å². The fourth-order valence-electron chi connectivity index (χ4n) is 3.26. The van der Waals surface area contributed by atoms with Crippen LogP contribution in [0.2, 0.25) is 0 Å². The summed E-state index contributed by atoms with van der Waals surface area (Å²) in [6, 6.07) is 9.72. The summed E-state index contributed by atoms with van der Waals surface area (Å²) in [4.78, 5) is 4.13. The molecule has 4 aromatic rings. The highest BCUT2D eigenvalue weighted by atomic mass is 79.9. The van der Waals surface area contributed by atoms with Crippen molar-refractivity contribution in [2.75, 3.05) is 5.73 Å². The third kappa shape index (κ3) is 3.25. The lowest BCUT2D eigenvalue weighted by atomic mass is 10.1. The number of nitrogens with two attached hydrogens (primary N) is 1. The van der Waals surface area contributed by atoms with Crippen molar-refractivity contribution < 1.29 is 4.42 Å². The summed E-state index contributed by atoms with van der Waals surface area (Å²) in [5.74, 6) is 0.913. The van der Waals surface area contributed by atoms with Crippen LogP contribution in [0.15, 0.2) is 45.5 Å². The number of nitriles is 1. The van der Waals surface area contributed by atoms with E-state index in [-0.39, 0.29) is 0 Å². The molecule has 0 saturated carbocycles. The van der Waals surface area contributed by atoms with Crippen LogP contribution >= 0.6 is 15.9 Å². The van der Waals surface area contributed by atoms with E-state index >= 15 is 0 Å². The van der Waals surface area contributed by atoms with Crippen LogP contribution < -0.4 is 5.73 Å². The molecule has 28 heavy (non-hydrogen) atoms. The van der Waals surface area contributed by atoms with E-state index in [1.54, 1.807) is 18.5 Å². The van der Waals surface area contributed by atoms with Gasteiger partial charge in [-0.15, -0.1) is 10.2 Å². The Morgan fingerprint density at radius 2 is 2.11 bits per heavy atom. The minimum absolute atomic E-state index is 0.420. The Morgan fingerprint density at radius 3 is 2.86 bits per heavy atom. The lowest BCUT2D eigenvalue weighted by Gasteiger charge is -2.08. The summed E-state index contributed by atoms with van der Waals surface area (Å²) in [5.41, 5.74) is 9.99. The van der Waals surface area contributed by atoms with E-state index in [0.717, 1.165) is 39.5 Å². The Morgan fingerprint density at radius 1 is 1.25 bits per heavy atom. The zero-order chi connectivity index (χ0) is 19.7. The Kier molecular flexibility index (Phi) is 4.84. The van der Waals surface area contributed by atoms with E-state index in [9.17, 15) is 5.26 Å². The molecule has 0 bridgehead atoms. The molecule has 0 aliphatic carbocycles. The van der Waals surface area contributed by atoms with Gasteiger partial charge in [-0.2, -0.15) is 5.26 Å². The van der Waals surface area contributed by atoms with Crippen molar-refractivity contribution >= 4 is 32.5 Å². The Bertz CT molecular complexity index is 1200. The zero-order valence-corrected chi connectivity index (χ0v) is 16.8. The van der Waals surface area contributed by atoms with Crippen LogP contribution in [0.3, 0.4) is 0 Å². The summed E-state index contributed by atoms with van der Waals surface area (Å²) in [7, 11) is 0. The van der Waals surface area contributed by atoms with Gasteiger partial charge in [0.2, 0.25) is 11.8 Å². The maximum absolute atomic E-state index is 9.24. The quantitative estimate of drug-likeness (QED) is 0.467. The molecule has 1 aromatic carbocycles. The number of pyridine rings is 1. The number of hydrogen-bond donors (Lipinski definition) is 1. The average Bonchev–Trinajstić information content (AvgIpc) is 3.29. The van der Waals surface area contributed by atoms with Gasteiger partial charge in [0.25, 0.3) is 0 Å². The molecule has 4 rings (SSSR count). The number of nitrogens with zero attached hydrogens (tertiary/aromatic N) is 5. The first-order valence-corrected chi connectivity index (χ1v) is 9.64. The van der Waals surface area contributed by atoms with Gasteiger partial charge in [-0.1, -0.05) is 13.3 Å². The van der Waals surface area contributed by atoms with Crippen molar-refractivity contribution in [2.45, 2.75) is 26.3 Å². The van der Waals surface area contributed by atoms with E-state index in [2.05, 4.69) is 48.7 Å². The van der Waals surface area contributed by atoms with Crippen LogP contribution in [0, 0.1) is 11.3 Å². The largest absolute Gasteiger partial charge is 0.419 e. The summed E-state index contributed by atoms with van der Waals surface area (Å²) in [6.07, 6.45) is 5.25. The van der Waals surface area contributed by atoms with E-state index in [1.165, 1.54) is 0 Å². The topological polar surface area (TPSA) is 107 Å². The third-order valence-electron chi connectivity index (χ3n) is 4.55. The van der Waals surface area contributed by atoms with Crippen LogP contribution in [0.25, 0.3) is 22.4 Å². The normalized spacial score (nSPS) is 11.0. The van der Waals surface area contributed by atoms with Gasteiger partial charge in [-0.25, -0.2) is 0 Å². The van der Waals surface area contributed by atoms with Crippen molar-refractivity contribution in [2.24, 2.45) is 0 Å². The average molecular weight is 437 g/mol. The number of halogens is 1. The fourth-order valence-corrected chi connectivity index (χ4v) is 3.62. The van der Waals surface area contributed by atoms with Gasteiger partial charge < -0.3 is 14.7 Å². The molecular formula is C20H17BrN6O. The molecule has 0 spiro atoms. The van der Waals surface area contributed by atoms with Crippen LogP contribution in [0.4, 0.5) is 5.69 Å². The Balaban J connectivity index is 1.74. The Hall–Kier alpha value is -3.18. The predicted octanol–water partition coefficient (Wildman–Crippen LogP) is 4.30. The van der Waals surface area contributed by atoms with Gasteiger partial charge in [0.05, 0.1) is 22.3 Å². The van der Waals surface area contributed by atoms with Crippen molar-refractivity contribution in [3.63, 3.8) is 0 Å². The SMILES string of the molecule is CCCc1cc2c(N)c(C#N)ccc2n1Cc1nnc(-c2cncc(Br)c2)o1. The van der Waals surface area contributed by atoms with Gasteiger partial charge in [0.15, 0.2) is 0 Å². The van der Waals surface area contributed by atoms with Crippen molar-refractivity contribution in [1.82, 2.24) is 19.7 Å². The number of fused-ring (bicyclic) bond motifs is 1. The molecule has 0 radical (unpaired) electrons. The Labute approximate surface area is 169 Å². The molecule has 7 nitrogen and oxygen atoms in total. The molecular weight excluding hydrogens is 420 g/mol. The second-order valence-corrected chi connectivity index (χ2v) is 7.35. The molecule has 0 aliphatic heterocycles. The maximum Gasteiger partial charge on any atom is 0.249 e. The number of rotatable bonds is 5. The molecule has 0 atom stereocenters. The number of benzene rings is 1. The van der Waals surface area contributed by atoms with Crippen LogP contribution in [-0.4, -0.2) is 19.7 Å². The minimum atomic E-state index is 0.420. The van der Waals surface area contributed by atoms with Crippen LogP contribution in [0.5, 0.6) is 0 Å². The standard InChI is InChI=1S/C20H17BrN6O/c1-2-3-15-7-16-17(5-4-12(8-22)19(16)23)27(15)11-18-25-26-20(28-18)13-6-14(21)10-24-9-13/h4-7,9-10H,2-3,11,23H2,1H3. The molecule has 3 heterocycles. The van der Waals surface area contributed by atoms with E-state index < -0.39 is 0 Å². The van der Waals surface area contributed by atoms with Gasteiger partial charge >= 0.3 is 0 Å². The summed E-state index contributed by atoms with van der Waals surface area (Å²) in [5, 5.41) is 18.5. The molecule has 3 aromatic heterocycles. The second kappa shape index (κ2) is 7.44. The number of anilines is 1. The van der Waals surface area contributed by atoms with Crippen molar-refractivity contribution in [3.8, 4) is 17.5 Å². The number of aromatic nitrogens is 4. The van der Waals surface area contributed by atoms with Crippen molar-refractivity contribution in [1.29, 1.82) is 5.26 Å². The minimum Gasteiger partial charge on any atom is -0.419 e. The zero-order valence-electron chi connectivity index (χ0n) is 15.2. The highest BCUT2D eigenvalue weighted by molar-refractivity contribution is 9.10. The van der Waals surface area contributed by atoms with Gasteiger partial charge in [0.1, 0.15) is 12.6 Å². The lowest BCUT2D eigenvalue weighted by Crippen LogP contribution is -2.04. The highest BCUT2D eigenvalue weighted by Crippen LogP contribution is 2.30. The molecule has 0 amide bonds. The van der Waals surface area contributed by atoms with E-state index in [4.69, 9.17) is 10.2 Å². The lowest BCUT2D eigenvalue weighted by molar-refractivity contribution is 0.487. The molecule has 0 unspecified atom stereocenters. The monoisotopic (exact) mass is 436 g/mol. The molecule has 2 N–H and O–H groups in total. The predicted molar refractivity (Wildman–Crippen MR) is 109 cm³/mol.